The molecule has 0 radical (unpaired) electrons. The van der Waals surface area contributed by atoms with Gasteiger partial charge in [0.25, 0.3) is 0 Å². The van der Waals surface area contributed by atoms with Crippen molar-refractivity contribution >= 4 is 22.6 Å². The summed E-state index contributed by atoms with van der Waals surface area (Å²) in [6.07, 6.45) is 2.95. The predicted molar refractivity (Wildman–Crippen MR) is 91.7 cm³/mol. The van der Waals surface area contributed by atoms with Gasteiger partial charge in [-0.3, -0.25) is 0 Å². The first-order chi connectivity index (χ1) is 10.8. The van der Waals surface area contributed by atoms with E-state index in [1.165, 1.54) is 0 Å². The number of halogens is 2. The maximum Gasteiger partial charge on any atom is 0.168 e. The highest BCUT2D eigenvalue weighted by atomic mass is 127. The molecule has 4 nitrogen and oxygen atoms in total. The van der Waals surface area contributed by atoms with Crippen LogP contribution in [0.25, 0.3) is 0 Å². The van der Waals surface area contributed by atoms with E-state index in [1.807, 2.05) is 29.5 Å². The van der Waals surface area contributed by atoms with Crippen LogP contribution in [0.4, 0.5) is 4.39 Å². The molecular formula is C17H22FIO4. The Kier molecular flexibility index (Phi) is 4.88. The van der Waals surface area contributed by atoms with Crippen molar-refractivity contribution in [3.05, 3.63) is 27.1 Å². The van der Waals surface area contributed by atoms with Crippen molar-refractivity contribution in [1.82, 2.24) is 0 Å². The van der Waals surface area contributed by atoms with Gasteiger partial charge in [-0.2, -0.15) is 0 Å². The summed E-state index contributed by atoms with van der Waals surface area (Å²) in [4.78, 5) is 0. The van der Waals surface area contributed by atoms with Gasteiger partial charge in [0.05, 0.1) is 22.4 Å². The van der Waals surface area contributed by atoms with Crippen LogP contribution in [0.15, 0.2) is 12.1 Å². The molecule has 0 aromatic heterocycles. The van der Waals surface area contributed by atoms with Crippen molar-refractivity contribution in [2.24, 2.45) is 5.92 Å². The molecule has 1 aliphatic heterocycles. The van der Waals surface area contributed by atoms with Crippen LogP contribution in [0.5, 0.6) is 5.75 Å². The highest BCUT2D eigenvalue weighted by Gasteiger charge is 2.47. The van der Waals surface area contributed by atoms with E-state index in [9.17, 15) is 14.6 Å². The van der Waals surface area contributed by atoms with Crippen LogP contribution >= 0.6 is 22.6 Å². The summed E-state index contributed by atoms with van der Waals surface area (Å²) in [5.74, 6) is -1.07. The average molecular weight is 436 g/mol. The molecule has 1 saturated heterocycles. The minimum atomic E-state index is -0.837. The van der Waals surface area contributed by atoms with Crippen LogP contribution < -0.4 is 0 Å². The molecule has 2 N–H and O–H groups in total. The summed E-state index contributed by atoms with van der Waals surface area (Å²) in [6.45, 7) is 3.18. The van der Waals surface area contributed by atoms with E-state index in [-0.39, 0.29) is 11.7 Å². The SMILES string of the molecule is CC(Cc1cc(I)c(O)cc1F)C1(O)CCC2(CC1)OCCO2. The molecular weight excluding hydrogens is 414 g/mol. The van der Waals surface area contributed by atoms with E-state index in [2.05, 4.69) is 0 Å². The number of phenolic OH excluding ortho intramolecular Hbond substituents is 1. The third kappa shape index (κ3) is 3.50. The van der Waals surface area contributed by atoms with Gasteiger partial charge in [0.2, 0.25) is 0 Å². The molecule has 6 heteroatoms. The predicted octanol–water partition coefficient (Wildman–Crippen LogP) is 3.36. The van der Waals surface area contributed by atoms with E-state index in [0.717, 1.165) is 6.07 Å². The maximum atomic E-state index is 14.0. The Morgan fingerprint density at radius 2 is 1.83 bits per heavy atom. The zero-order chi connectivity index (χ0) is 16.7. The summed E-state index contributed by atoms with van der Waals surface area (Å²) in [5.41, 5.74) is -0.308. The minimum absolute atomic E-state index is 0.0478. The van der Waals surface area contributed by atoms with E-state index in [4.69, 9.17) is 9.47 Å². The largest absolute Gasteiger partial charge is 0.507 e. The van der Waals surface area contributed by atoms with Gasteiger partial charge in [0, 0.05) is 18.9 Å². The summed E-state index contributed by atoms with van der Waals surface area (Å²) in [7, 11) is 0. The number of ether oxygens (including phenoxy) is 2. The molecule has 0 amide bonds. The van der Waals surface area contributed by atoms with Gasteiger partial charge in [0.15, 0.2) is 5.79 Å². The Bertz CT molecular complexity index is 576. The second-order valence-corrected chi connectivity index (χ2v) is 7.87. The highest BCUT2D eigenvalue weighted by Crippen LogP contribution is 2.44. The van der Waals surface area contributed by atoms with Crippen molar-refractivity contribution in [3.63, 3.8) is 0 Å². The lowest BCUT2D eigenvalue weighted by Gasteiger charge is -2.43. The topological polar surface area (TPSA) is 58.9 Å². The van der Waals surface area contributed by atoms with Gasteiger partial charge in [0.1, 0.15) is 11.6 Å². The zero-order valence-corrected chi connectivity index (χ0v) is 15.3. The van der Waals surface area contributed by atoms with Gasteiger partial charge in [-0.25, -0.2) is 4.39 Å². The molecule has 128 valence electrons. The monoisotopic (exact) mass is 436 g/mol. The van der Waals surface area contributed by atoms with Gasteiger partial charge < -0.3 is 19.7 Å². The highest BCUT2D eigenvalue weighted by molar-refractivity contribution is 14.1. The molecule has 2 aliphatic rings. The van der Waals surface area contributed by atoms with E-state index in [1.54, 1.807) is 6.07 Å². The molecule has 1 aromatic rings. The number of aromatic hydroxyl groups is 1. The number of hydrogen-bond donors (Lipinski definition) is 2. The third-order valence-electron chi connectivity index (χ3n) is 5.25. The molecule has 0 bridgehead atoms. The van der Waals surface area contributed by atoms with Gasteiger partial charge >= 0.3 is 0 Å². The lowest BCUT2D eigenvalue weighted by Crippen LogP contribution is -2.47. The average Bonchev–Trinajstić information content (AvgIpc) is 2.97. The fourth-order valence-corrected chi connectivity index (χ4v) is 4.13. The Labute approximate surface area is 149 Å². The zero-order valence-electron chi connectivity index (χ0n) is 13.1. The second-order valence-electron chi connectivity index (χ2n) is 6.71. The summed E-state index contributed by atoms with van der Waals surface area (Å²) < 4.78 is 26.1. The van der Waals surface area contributed by atoms with E-state index < -0.39 is 17.2 Å². The first-order valence-electron chi connectivity index (χ1n) is 8.01. The lowest BCUT2D eigenvalue weighted by atomic mass is 9.72. The quantitative estimate of drug-likeness (QED) is 0.714. The summed E-state index contributed by atoms with van der Waals surface area (Å²) >= 11 is 1.98. The molecule has 1 spiro atoms. The van der Waals surface area contributed by atoms with Crippen LogP contribution in [0.3, 0.4) is 0 Å². The molecule has 1 aromatic carbocycles. The van der Waals surface area contributed by atoms with Crippen LogP contribution in [-0.2, 0) is 15.9 Å². The standard InChI is InChI=1S/C17H22FIO4/c1-11(8-12-9-14(19)15(20)10-13(12)18)16(21)2-4-17(5-3-16)22-6-7-23-17/h9-11,20-21H,2-8H2,1H3. The first-order valence-corrected chi connectivity index (χ1v) is 9.09. The molecule has 1 aliphatic carbocycles. The number of aliphatic hydroxyl groups is 1. The second kappa shape index (κ2) is 6.46. The Morgan fingerprint density at radius 3 is 2.43 bits per heavy atom. The molecule has 1 unspecified atom stereocenters. The molecule has 1 heterocycles. The first kappa shape index (κ1) is 17.4. The van der Waals surface area contributed by atoms with Crippen LogP contribution in [0.2, 0.25) is 0 Å². The Morgan fingerprint density at radius 1 is 1.22 bits per heavy atom. The maximum absolute atomic E-state index is 14.0. The lowest BCUT2D eigenvalue weighted by molar-refractivity contribution is -0.209. The van der Waals surface area contributed by atoms with Crippen molar-refractivity contribution < 1.29 is 24.1 Å². The molecule has 23 heavy (non-hydrogen) atoms. The minimum Gasteiger partial charge on any atom is -0.507 e. The van der Waals surface area contributed by atoms with Crippen molar-refractivity contribution in [2.45, 2.75) is 50.4 Å². The van der Waals surface area contributed by atoms with Crippen LogP contribution in [0, 0.1) is 15.3 Å². The third-order valence-corrected chi connectivity index (χ3v) is 6.11. The Hall–Kier alpha value is -0.440. The number of benzene rings is 1. The molecule has 1 atom stereocenters. The molecule has 1 saturated carbocycles. The smallest absolute Gasteiger partial charge is 0.168 e. The number of hydrogen-bond acceptors (Lipinski definition) is 4. The normalized spacial score (nSPS) is 24.0. The fraction of sp³-hybridized carbons (Fsp3) is 0.647. The van der Waals surface area contributed by atoms with Crippen molar-refractivity contribution in [1.29, 1.82) is 0 Å². The number of phenols is 1. The fourth-order valence-electron chi connectivity index (χ4n) is 3.60. The Balaban J connectivity index is 1.68. The van der Waals surface area contributed by atoms with Gasteiger partial charge in [-0.1, -0.05) is 6.92 Å². The van der Waals surface area contributed by atoms with Crippen molar-refractivity contribution in [2.75, 3.05) is 13.2 Å². The van der Waals surface area contributed by atoms with Crippen LogP contribution in [-0.4, -0.2) is 34.8 Å². The summed E-state index contributed by atoms with van der Waals surface area (Å²) in [6, 6.07) is 2.79. The van der Waals surface area contributed by atoms with Gasteiger partial charge in [-0.05, 0) is 59.4 Å². The molecule has 3 rings (SSSR count). The van der Waals surface area contributed by atoms with Gasteiger partial charge in [-0.15, -0.1) is 0 Å². The van der Waals surface area contributed by atoms with Crippen molar-refractivity contribution in [3.8, 4) is 5.75 Å². The van der Waals surface area contributed by atoms with E-state index in [0.29, 0.717) is 54.5 Å². The van der Waals surface area contributed by atoms with E-state index >= 15 is 0 Å². The molecule has 2 fully saturated rings. The summed E-state index contributed by atoms with van der Waals surface area (Å²) in [5, 5.41) is 20.5. The number of rotatable bonds is 3. The van der Waals surface area contributed by atoms with Crippen LogP contribution in [0.1, 0.15) is 38.2 Å².